The van der Waals surface area contributed by atoms with Crippen molar-refractivity contribution in [3.05, 3.63) is 53.9 Å². The Morgan fingerprint density at radius 1 is 1.25 bits per heavy atom. The summed E-state index contributed by atoms with van der Waals surface area (Å²) in [6, 6.07) is 11.7. The lowest BCUT2D eigenvalue weighted by Gasteiger charge is -2.06. The minimum absolute atomic E-state index is 0.663. The van der Waals surface area contributed by atoms with E-state index < -0.39 is 0 Å². The lowest BCUT2D eigenvalue weighted by molar-refractivity contribution is 0.417. The van der Waals surface area contributed by atoms with Crippen LogP contribution in [0.5, 0.6) is 5.75 Å². The van der Waals surface area contributed by atoms with Gasteiger partial charge in [-0.15, -0.1) is 0 Å². The molecule has 0 amide bonds. The molecule has 82 valence electrons. The molecule has 2 N–H and O–H groups in total. The number of hydrogen-bond acceptors (Lipinski definition) is 3. The largest absolute Gasteiger partial charge is 0.495 e. The van der Waals surface area contributed by atoms with Crippen molar-refractivity contribution in [1.29, 1.82) is 0 Å². The Kier molecular flexibility index (Phi) is 3.05. The Labute approximate surface area is 94.9 Å². The second kappa shape index (κ2) is 4.66. The summed E-state index contributed by atoms with van der Waals surface area (Å²) in [4.78, 5) is 4.27. The third-order valence-electron chi connectivity index (χ3n) is 2.41. The third kappa shape index (κ3) is 2.31. The molecule has 0 radical (unpaired) electrons. The zero-order chi connectivity index (χ0) is 11.4. The van der Waals surface area contributed by atoms with Crippen LogP contribution in [0.4, 0.5) is 5.69 Å². The number of nitrogens with zero attached hydrogens (tertiary/aromatic N) is 1. The molecular formula is C13H14N2O. The van der Waals surface area contributed by atoms with Crippen molar-refractivity contribution in [2.75, 3.05) is 12.8 Å². The number of nitrogen functional groups attached to an aromatic ring is 1. The van der Waals surface area contributed by atoms with Crippen LogP contribution in [0.3, 0.4) is 0 Å². The molecule has 0 unspecified atom stereocenters. The van der Waals surface area contributed by atoms with Crippen LogP contribution in [0.15, 0.2) is 42.6 Å². The Bertz CT molecular complexity index is 469. The van der Waals surface area contributed by atoms with Gasteiger partial charge in [0.1, 0.15) is 5.75 Å². The highest BCUT2D eigenvalue weighted by molar-refractivity contribution is 5.54. The fourth-order valence-electron chi connectivity index (χ4n) is 1.61. The van der Waals surface area contributed by atoms with E-state index in [0.29, 0.717) is 11.4 Å². The van der Waals surface area contributed by atoms with Gasteiger partial charge in [0.15, 0.2) is 0 Å². The Hall–Kier alpha value is -2.03. The molecule has 0 saturated heterocycles. The van der Waals surface area contributed by atoms with E-state index in [-0.39, 0.29) is 0 Å². The Morgan fingerprint density at radius 3 is 2.75 bits per heavy atom. The van der Waals surface area contributed by atoms with Crippen molar-refractivity contribution < 1.29 is 4.74 Å². The SMILES string of the molecule is COc1ccc(Cc2ccccn2)cc1N. The number of benzene rings is 1. The van der Waals surface area contributed by atoms with E-state index in [1.807, 2.05) is 36.4 Å². The first kappa shape index (κ1) is 10.5. The number of anilines is 1. The molecule has 1 aromatic carbocycles. The van der Waals surface area contributed by atoms with Gasteiger partial charge in [-0.1, -0.05) is 12.1 Å². The average molecular weight is 214 g/mol. The highest BCUT2D eigenvalue weighted by Crippen LogP contribution is 2.22. The predicted molar refractivity (Wildman–Crippen MR) is 64.4 cm³/mol. The highest BCUT2D eigenvalue weighted by atomic mass is 16.5. The highest BCUT2D eigenvalue weighted by Gasteiger charge is 2.02. The lowest BCUT2D eigenvalue weighted by Crippen LogP contribution is -1.96. The number of pyridine rings is 1. The van der Waals surface area contributed by atoms with E-state index in [1.165, 1.54) is 0 Å². The van der Waals surface area contributed by atoms with E-state index in [2.05, 4.69) is 4.98 Å². The van der Waals surface area contributed by atoms with E-state index in [1.54, 1.807) is 13.3 Å². The van der Waals surface area contributed by atoms with Crippen LogP contribution in [0.2, 0.25) is 0 Å². The Balaban J connectivity index is 2.20. The lowest BCUT2D eigenvalue weighted by atomic mass is 10.1. The molecule has 0 fully saturated rings. The molecule has 3 nitrogen and oxygen atoms in total. The quantitative estimate of drug-likeness (QED) is 0.797. The first-order valence-corrected chi connectivity index (χ1v) is 5.12. The van der Waals surface area contributed by atoms with Crippen molar-refractivity contribution in [3.63, 3.8) is 0 Å². The maximum atomic E-state index is 5.84. The van der Waals surface area contributed by atoms with Crippen molar-refractivity contribution in [2.24, 2.45) is 0 Å². The number of aromatic nitrogens is 1. The van der Waals surface area contributed by atoms with Crippen LogP contribution in [0.25, 0.3) is 0 Å². The van der Waals surface area contributed by atoms with E-state index >= 15 is 0 Å². The molecule has 0 bridgehead atoms. The standard InChI is InChI=1S/C13H14N2O/c1-16-13-6-5-10(9-12(13)14)8-11-4-2-3-7-15-11/h2-7,9H,8,14H2,1H3. The molecular weight excluding hydrogens is 200 g/mol. The van der Waals surface area contributed by atoms with Gasteiger partial charge in [-0.25, -0.2) is 0 Å². The molecule has 1 aromatic heterocycles. The smallest absolute Gasteiger partial charge is 0.141 e. The monoisotopic (exact) mass is 214 g/mol. The summed E-state index contributed by atoms with van der Waals surface area (Å²) in [5.74, 6) is 0.713. The van der Waals surface area contributed by atoms with Gasteiger partial charge in [0.25, 0.3) is 0 Å². The minimum atomic E-state index is 0.663. The molecule has 2 aromatic rings. The summed E-state index contributed by atoms with van der Waals surface area (Å²) in [5.41, 5.74) is 8.67. The van der Waals surface area contributed by atoms with Gasteiger partial charge in [0.05, 0.1) is 12.8 Å². The van der Waals surface area contributed by atoms with Gasteiger partial charge in [-0.2, -0.15) is 0 Å². The summed E-state index contributed by atoms with van der Waals surface area (Å²) in [7, 11) is 1.62. The number of methoxy groups -OCH3 is 1. The van der Waals surface area contributed by atoms with Crippen LogP contribution < -0.4 is 10.5 Å². The fourth-order valence-corrected chi connectivity index (χ4v) is 1.61. The van der Waals surface area contributed by atoms with Gasteiger partial charge in [0, 0.05) is 18.3 Å². The first-order valence-electron chi connectivity index (χ1n) is 5.12. The fraction of sp³-hybridized carbons (Fsp3) is 0.154. The van der Waals surface area contributed by atoms with Gasteiger partial charge in [-0.05, 0) is 29.8 Å². The summed E-state index contributed by atoms with van der Waals surface area (Å²) in [6.45, 7) is 0. The van der Waals surface area contributed by atoms with Gasteiger partial charge < -0.3 is 10.5 Å². The summed E-state index contributed by atoms with van der Waals surface area (Å²) >= 11 is 0. The van der Waals surface area contributed by atoms with Crippen LogP contribution in [-0.4, -0.2) is 12.1 Å². The van der Waals surface area contributed by atoms with E-state index in [0.717, 1.165) is 17.7 Å². The van der Waals surface area contributed by atoms with Crippen molar-refractivity contribution in [1.82, 2.24) is 4.98 Å². The number of nitrogens with two attached hydrogens (primary N) is 1. The molecule has 0 saturated carbocycles. The molecule has 0 spiro atoms. The van der Waals surface area contributed by atoms with E-state index in [9.17, 15) is 0 Å². The van der Waals surface area contributed by atoms with Gasteiger partial charge in [0.2, 0.25) is 0 Å². The number of rotatable bonds is 3. The first-order chi connectivity index (χ1) is 7.79. The van der Waals surface area contributed by atoms with Crippen molar-refractivity contribution in [3.8, 4) is 5.75 Å². The summed E-state index contributed by atoms with van der Waals surface area (Å²) < 4.78 is 5.11. The molecule has 3 heteroatoms. The van der Waals surface area contributed by atoms with Crippen LogP contribution in [0.1, 0.15) is 11.3 Å². The maximum absolute atomic E-state index is 5.84. The number of hydrogen-bond donors (Lipinski definition) is 1. The molecule has 16 heavy (non-hydrogen) atoms. The van der Waals surface area contributed by atoms with Crippen molar-refractivity contribution >= 4 is 5.69 Å². The molecule has 0 aliphatic heterocycles. The maximum Gasteiger partial charge on any atom is 0.141 e. The zero-order valence-electron chi connectivity index (χ0n) is 9.18. The zero-order valence-corrected chi connectivity index (χ0v) is 9.18. The van der Waals surface area contributed by atoms with Crippen LogP contribution in [0, 0.1) is 0 Å². The summed E-state index contributed by atoms with van der Waals surface area (Å²) in [6.07, 6.45) is 2.58. The molecule has 0 atom stereocenters. The van der Waals surface area contributed by atoms with Gasteiger partial charge in [-0.3, -0.25) is 4.98 Å². The number of ether oxygens (including phenoxy) is 1. The predicted octanol–water partition coefficient (Wildman–Crippen LogP) is 2.26. The Morgan fingerprint density at radius 2 is 2.12 bits per heavy atom. The molecule has 2 rings (SSSR count). The summed E-state index contributed by atoms with van der Waals surface area (Å²) in [5, 5.41) is 0. The molecule has 0 aliphatic carbocycles. The van der Waals surface area contributed by atoms with Crippen LogP contribution >= 0.6 is 0 Å². The second-order valence-electron chi connectivity index (χ2n) is 3.57. The molecule has 0 aliphatic rings. The van der Waals surface area contributed by atoms with Crippen molar-refractivity contribution in [2.45, 2.75) is 6.42 Å². The second-order valence-corrected chi connectivity index (χ2v) is 3.57. The van der Waals surface area contributed by atoms with E-state index in [4.69, 9.17) is 10.5 Å². The minimum Gasteiger partial charge on any atom is -0.495 e. The average Bonchev–Trinajstić information content (AvgIpc) is 2.31. The topological polar surface area (TPSA) is 48.1 Å². The van der Waals surface area contributed by atoms with Crippen LogP contribution in [-0.2, 0) is 6.42 Å². The normalized spacial score (nSPS) is 10.1. The van der Waals surface area contributed by atoms with Gasteiger partial charge >= 0.3 is 0 Å². The molecule has 1 heterocycles. The third-order valence-corrected chi connectivity index (χ3v) is 2.41.